The van der Waals surface area contributed by atoms with Crippen molar-refractivity contribution in [1.29, 1.82) is 0 Å². The molecule has 0 saturated carbocycles. The van der Waals surface area contributed by atoms with E-state index < -0.39 is 17.2 Å². The molecular formula is C7H3F2NO2. The summed E-state index contributed by atoms with van der Waals surface area (Å²) in [7, 11) is 0. The van der Waals surface area contributed by atoms with Gasteiger partial charge in [-0.15, -0.1) is 0 Å². The van der Waals surface area contributed by atoms with Crippen molar-refractivity contribution >= 4 is 11.0 Å². The molecule has 0 unspecified atom stereocenters. The number of H-pyrrole nitrogens is 1. The molecule has 1 aromatic heterocycles. The SMILES string of the molecule is O=c1[nH]oc2c(F)ccc(F)c12. The van der Waals surface area contributed by atoms with Crippen LogP contribution in [-0.4, -0.2) is 5.16 Å². The summed E-state index contributed by atoms with van der Waals surface area (Å²) >= 11 is 0. The summed E-state index contributed by atoms with van der Waals surface area (Å²) in [5.74, 6) is -1.55. The van der Waals surface area contributed by atoms with Crippen LogP contribution < -0.4 is 5.56 Å². The second-order valence-corrected chi connectivity index (χ2v) is 2.27. The van der Waals surface area contributed by atoms with Crippen LogP contribution in [-0.2, 0) is 0 Å². The molecule has 0 aliphatic rings. The van der Waals surface area contributed by atoms with Crippen LogP contribution in [0.15, 0.2) is 21.5 Å². The maximum atomic E-state index is 12.8. The predicted molar refractivity (Wildman–Crippen MR) is 36.8 cm³/mol. The average molecular weight is 171 g/mol. The molecule has 62 valence electrons. The number of halogens is 2. The van der Waals surface area contributed by atoms with E-state index in [1.54, 1.807) is 0 Å². The van der Waals surface area contributed by atoms with Crippen molar-refractivity contribution in [2.75, 3.05) is 0 Å². The van der Waals surface area contributed by atoms with Crippen LogP contribution in [0.2, 0.25) is 0 Å². The Balaban J connectivity index is 3.09. The van der Waals surface area contributed by atoms with Gasteiger partial charge in [0.1, 0.15) is 11.2 Å². The van der Waals surface area contributed by atoms with Crippen molar-refractivity contribution in [3.8, 4) is 0 Å². The summed E-state index contributed by atoms with van der Waals surface area (Å²) in [6.45, 7) is 0. The molecule has 2 rings (SSSR count). The highest BCUT2D eigenvalue weighted by atomic mass is 19.1. The molecule has 1 N–H and O–H groups in total. The third kappa shape index (κ3) is 0.761. The molecule has 2 aromatic rings. The summed E-state index contributed by atoms with van der Waals surface area (Å²) in [4.78, 5) is 10.8. The van der Waals surface area contributed by atoms with Crippen molar-refractivity contribution in [3.05, 3.63) is 34.1 Å². The van der Waals surface area contributed by atoms with Gasteiger partial charge in [-0.1, -0.05) is 0 Å². The number of hydrogen-bond acceptors (Lipinski definition) is 2. The molecule has 0 saturated heterocycles. The second-order valence-electron chi connectivity index (χ2n) is 2.27. The lowest BCUT2D eigenvalue weighted by atomic mass is 10.2. The Kier molecular flexibility index (Phi) is 1.27. The highest BCUT2D eigenvalue weighted by Crippen LogP contribution is 2.16. The van der Waals surface area contributed by atoms with Gasteiger partial charge in [0.15, 0.2) is 5.82 Å². The van der Waals surface area contributed by atoms with Gasteiger partial charge in [0, 0.05) is 0 Å². The minimum Gasteiger partial charge on any atom is -0.375 e. The topological polar surface area (TPSA) is 46.0 Å². The van der Waals surface area contributed by atoms with Crippen LogP contribution in [0.5, 0.6) is 0 Å². The van der Waals surface area contributed by atoms with Gasteiger partial charge in [0.2, 0.25) is 5.58 Å². The second kappa shape index (κ2) is 2.17. The lowest BCUT2D eigenvalue weighted by Crippen LogP contribution is -1.99. The van der Waals surface area contributed by atoms with E-state index in [9.17, 15) is 13.6 Å². The standard InChI is InChI=1S/C7H3F2NO2/c8-3-1-2-4(9)6-5(3)7(11)10-12-6/h1-2H,(H,10,11). The number of fused-ring (bicyclic) bond motifs is 1. The molecule has 5 heteroatoms. The third-order valence-electron chi connectivity index (χ3n) is 1.53. The largest absolute Gasteiger partial charge is 0.375 e. The van der Waals surface area contributed by atoms with Crippen molar-refractivity contribution in [2.45, 2.75) is 0 Å². The number of hydrogen-bond donors (Lipinski definition) is 1. The molecule has 1 heterocycles. The Labute approximate surface area is 64.6 Å². The van der Waals surface area contributed by atoms with Gasteiger partial charge in [-0.3, -0.25) is 4.79 Å². The summed E-state index contributed by atoms with van der Waals surface area (Å²) in [5.41, 5.74) is -1.14. The molecule has 1 aromatic carbocycles. The van der Waals surface area contributed by atoms with Gasteiger partial charge < -0.3 is 4.52 Å². The van der Waals surface area contributed by atoms with E-state index in [0.29, 0.717) is 0 Å². The first-order valence-corrected chi connectivity index (χ1v) is 3.15. The van der Waals surface area contributed by atoms with E-state index >= 15 is 0 Å². The van der Waals surface area contributed by atoms with Gasteiger partial charge in [0.25, 0.3) is 5.56 Å². The van der Waals surface area contributed by atoms with Gasteiger partial charge in [0.05, 0.1) is 0 Å². The minimum atomic E-state index is -0.790. The first kappa shape index (κ1) is 7.02. The molecule has 0 atom stereocenters. The Hall–Kier alpha value is -1.65. The van der Waals surface area contributed by atoms with E-state index in [4.69, 9.17) is 0 Å². The molecule has 0 aliphatic heterocycles. The summed E-state index contributed by atoms with van der Waals surface area (Å²) in [6, 6.07) is 1.77. The van der Waals surface area contributed by atoms with Crippen molar-refractivity contribution in [3.63, 3.8) is 0 Å². The van der Waals surface area contributed by atoms with Crippen LogP contribution in [0.25, 0.3) is 11.0 Å². The highest BCUT2D eigenvalue weighted by Gasteiger charge is 2.12. The maximum absolute atomic E-state index is 12.8. The Morgan fingerprint density at radius 3 is 2.58 bits per heavy atom. The van der Waals surface area contributed by atoms with Crippen LogP contribution in [0.1, 0.15) is 0 Å². The van der Waals surface area contributed by atoms with E-state index in [1.807, 2.05) is 5.16 Å². The lowest BCUT2D eigenvalue weighted by Gasteiger charge is -1.88. The fourth-order valence-corrected chi connectivity index (χ4v) is 0.993. The third-order valence-corrected chi connectivity index (χ3v) is 1.53. The molecule has 0 amide bonds. The number of nitrogens with one attached hydrogen (secondary N) is 1. The Morgan fingerprint density at radius 1 is 1.25 bits per heavy atom. The number of benzene rings is 1. The quantitative estimate of drug-likeness (QED) is 0.651. The minimum absolute atomic E-state index is 0.375. The number of aromatic amines is 1. The van der Waals surface area contributed by atoms with Gasteiger partial charge in [-0.2, -0.15) is 5.16 Å². The molecule has 12 heavy (non-hydrogen) atoms. The molecular weight excluding hydrogens is 168 g/mol. The van der Waals surface area contributed by atoms with E-state index in [0.717, 1.165) is 12.1 Å². The zero-order valence-corrected chi connectivity index (χ0v) is 5.73. The Morgan fingerprint density at radius 2 is 1.92 bits per heavy atom. The van der Waals surface area contributed by atoms with Crippen molar-refractivity contribution in [1.82, 2.24) is 5.16 Å². The molecule has 0 bridgehead atoms. The van der Waals surface area contributed by atoms with E-state index in [2.05, 4.69) is 4.52 Å². The Bertz CT molecular complexity index is 486. The van der Waals surface area contributed by atoms with Crippen molar-refractivity contribution < 1.29 is 13.3 Å². The first-order chi connectivity index (χ1) is 5.70. The average Bonchev–Trinajstić information content (AvgIpc) is 2.42. The van der Waals surface area contributed by atoms with E-state index in [1.165, 1.54) is 0 Å². The van der Waals surface area contributed by atoms with Gasteiger partial charge >= 0.3 is 0 Å². The van der Waals surface area contributed by atoms with Gasteiger partial charge in [-0.25, -0.2) is 8.78 Å². The maximum Gasteiger partial charge on any atom is 0.290 e. The highest BCUT2D eigenvalue weighted by molar-refractivity contribution is 5.76. The van der Waals surface area contributed by atoms with Crippen molar-refractivity contribution in [2.24, 2.45) is 0 Å². The monoisotopic (exact) mass is 171 g/mol. The predicted octanol–water partition coefficient (Wildman–Crippen LogP) is 1.40. The van der Waals surface area contributed by atoms with Gasteiger partial charge in [-0.05, 0) is 12.1 Å². The number of rotatable bonds is 0. The first-order valence-electron chi connectivity index (χ1n) is 3.15. The van der Waals surface area contributed by atoms with Crippen LogP contribution in [0.3, 0.4) is 0 Å². The zero-order chi connectivity index (χ0) is 8.72. The fourth-order valence-electron chi connectivity index (χ4n) is 0.993. The lowest BCUT2D eigenvalue weighted by molar-refractivity contribution is 0.434. The number of aromatic nitrogens is 1. The van der Waals surface area contributed by atoms with Crippen LogP contribution >= 0.6 is 0 Å². The van der Waals surface area contributed by atoms with Crippen LogP contribution in [0.4, 0.5) is 8.78 Å². The summed E-state index contributed by atoms with van der Waals surface area (Å²) < 4.78 is 30.0. The molecule has 0 fully saturated rings. The normalized spacial score (nSPS) is 10.8. The molecule has 0 spiro atoms. The molecule has 0 aliphatic carbocycles. The van der Waals surface area contributed by atoms with E-state index in [-0.39, 0.29) is 11.0 Å². The summed E-state index contributed by atoms with van der Waals surface area (Å²) in [5, 5.41) is 1.47. The van der Waals surface area contributed by atoms with Crippen LogP contribution in [0, 0.1) is 11.6 Å². The fraction of sp³-hybridized carbons (Fsp3) is 0. The molecule has 3 nitrogen and oxygen atoms in total. The zero-order valence-electron chi connectivity index (χ0n) is 5.73. The molecule has 0 radical (unpaired) electrons. The smallest absolute Gasteiger partial charge is 0.290 e. The summed E-state index contributed by atoms with van der Waals surface area (Å²) in [6.07, 6.45) is 0.